The van der Waals surface area contributed by atoms with E-state index in [4.69, 9.17) is 0 Å². The van der Waals surface area contributed by atoms with Gasteiger partial charge in [0, 0.05) is 39.6 Å². The fourth-order valence-electron chi connectivity index (χ4n) is 3.09. The van der Waals surface area contributed by atoms with Crippen molar-refractivity contribution in [2.75, 3.05) is 6.54 Å². The maximum atomic E-state index is 12.7. The SMILES string of the molecule is CCCCN1C(=O)c2ccc(C(=O)[O-])c3c(C(=O)[O-])ccc(c23)C1=O.[K+].[K+]. The van der Waals surface area contributed by atoms with E-state index in [1.165, 1.54) is 12.1 Å². The fourth-order valence-corrected chi connectivity index (χ4v) is 3.09. The number of hydrogen-bond donors (Lipinski definition) is 0. The van der Waals surface area contributed by atoms with Gasteiger partial charge in [-0.1, -0.05) is 25.5 Å². The monoisotopic (exact) mass is 417 g/mol. The molecule has 1 aliphatic heterocycles. The zero-order valence-electron chi connectivity index (χ0n) is 15.3. The molecule has 0 saturated heterocycles. The Hall–Kier alpha value is 0.0527. The number of rotatable bonds is 5. The Morgan fingerprint density at radius 1 is 0.852 bits per heavy atom. The first-order valence-corrected chi connectivity index (χ1v) is 7.77. The molecule has 0 unspecified atom stereocenters. The Labute approximate surface area is 240 Å². The summed E-state index contributed by atoms with van der Waals surface area (Å²) in [5.74, 6) is -4.34. The molecule has 0 saturated carbocycles. The normalized spacial score (nSPS) is 12.4. The van der Waals surface area contributed by atoms with Crippen molar-refractivity contribution in [3.8, 4) is 0 Å². The Bertz CT molecular complexity index is 888. The molecule has 0 aromatic heterocycles. The van der Waals surface area contributed by atoms with Crippen molar-refractivity contribution in [1.29, 1.82) is 0 Å². The van der Waals surface area contributed by atoms with Gasteiger partial charge in [0.25, 0.3) is 11.8 Å². The summed E-state index contributed by atoms with van der Waals surface area (Å²) in [5, 5.41) is 22.6. The maximum absolute atomic E-state index is 12.7. The standard InChI is InChI=1S/C18H15NO6.2K/c1-2-3-8-19-15(20)9-4-6-11(17(22)23)14-12(18(24)25)7-5-10(13(9)14)16(19)21;;/h4-7H,2-3,8H2,1H3,(H,22,23)(H,24,25);;/q;2*+1/p-2. The molecule has 0 radical (unpaired) electrons. The van der Waals surface area contributed by atoms with Crippen LogP contribution in [0.1, 0.15) is 61.2 Å². The third-order valence-corrected chi connectivity index (χ3v) is 4.29. The topological polar surface area (TPSA) is 118 Å². The molecular formula is C18H13K2NO6. The van der Waals surface area contributed by atoms with E-state index >= 15 is 0 Å². The summed E-state index contributed by atoms with van der Waals surface area (Å²) < 4.78 is 0. The number of nitrogens with zero attached hydrogens (tertiary/aromatic N) is 1. The number of amides is 2. The minimum atomic E-state index is -1.60. The van der Waals surface area contributed by atoms with Crippen LogP contribution < -0.4 is 113 Å². The first-order chi connectivity index (χ1) is 11.9. The van der Waals surface area contributed by atoms with Gasteiger partial charge >= 0.3 is 103 Å². The van der Waals surface area contributed by atoms with Gasteiger partial charge in [0.2, 0.25) is 0 Å². The molecule has 7 nitrogen and oxygen atoms in total. The Morgan fingerprint density at radius 2 is 1.30 bits per heavy atom. The predicted molar refractivity (Wildman–Crippen MR) is 82.9 cm³/mol. The second-order valence-corrected chi connectivity index (χ2v) is 5.76. The van der Waals surface area contributed by atoms with Crippen LogP contribution in [0.2, 0.25) is 0 Å². The molecular weight excluding hydrogens is 404 g/mol. The quantitative estimate of drug-likeness (QED) is 0.353. The first kappa shape index (κ1) is 25.1. The molecule has 2 aromatic rings. The zero-order valence-corrected chi connectivity index (χ0v) is 21.6. The molecule has 0 aliphatic carbocycles. The van der Waals surface area contributed by atoms with Crippen LogP contribution in [0.3, 0.4) is 0 Å². The van der Waals surface area contributed by atoms with E-state index in [0.29, 0.717) is 6.42 Å². The second-order valence-electron chi connectivity index (χ2n) is 5.76. The molecule has 0 N–H and O–H groups in total. The fraction of sp³-hybridized carbons (Fsp3) is 0.222. The maximum Gasteiger partial charge on any atom is 1.00 e. The van der Waals surface area contributed by atoms with Crippen molar-refractivity contribution in [1.82, 2.24) is 4.90 Å². The number of hydrogen-bond acceptors (Lipinski definition) is 6. The van der Waals surface area contributed by atoms with E-state index in [1.54, 1.807) is 0 Å². The van der Waals surface area contributed by atoms with Gasteiger partial charge < -0.3 is 19.8 Å². The molecule has 128 valence electrons. The molecule has 2 amide bonds. The van der Waals surface area contributed by atoms with Crippen LogP contribution in [0.25, 0.3) is 10.8 Å². The number of benzene rings is 2. The average Bonchev–Trinajstić information content (AvgIpc) is 2.58. The number of unbranched alkanes of at least 4 members (excludes halogenated alkanes) is 1. The molecule has 9 heteroatoms. The van der Waals surface area contributed by atoms with Gasteiger partial charge in [-0.05, 0) is 18.6 Å². The van der Waals surface area contributed by atoms with Gasteiger partial charge in [-0.15, -0.1) is 0 Å². The van der Waals surface area contributed by atoms with Crippen molar-refractivity contribution < 1.29 is 132 Å². The summed E-state index contributed by atoms with van der Waals surface area (Å²) in [5.41, 5.74) is -0.618. The average molecular weight is 417 g/mol. The van der Waals surface area contributed by atoms with Crippen LogP contribution in [-0.4, -0.2) is 35.2 Å². The van der Waals surface area contributed by atoms with E-state index in [9.17, 15) is 29.4 Å². The number of carboxylic acids is 2. The first-order valence-electron chi connectivity index (χ1n) is 7.77. The van der Waals surface area contributed by atoms with Gasteiger partial charge in [0.05, 0.1) is 11.9 Å². The number of carbonyl (C=O) groups excluding carboxylic acids is 4. The number of carbonyl (C=O) groups is 4. The Morgan fingerprint density at radius 3 is 1.67 bits per heavy atom. The molecule has 1 heterocycles. The van der Waals surface area contributed by atoms with Crippen molar-refractivity contribution >= 4 is 34.5 Å². The Balaban J connectivity index is 0.00000182. The smallest absolute Gasteiger partial charge is 0.545 e. The largest absolute Gasteiger partial charge is 1.00 e. The summed E-state index contributed by atoms with van der Waals surface area (Å²) in [6.07, 6.45) is 1.41. The molecule has 27 heavy (non-hydrogen) atoms. The summed E-state index contributed by atoms with van der Waals surface area (Å²) in [7, 11) is 0. The van der Waals surface area contributed by atoms with Crippen molar-refractivity contribution in [3.05, 3.63) is 46.5 Å². The van der Waals surface area contributed by atoms with Crippen LogP contribution in [-0.2, 0) is 0 Å². The minimum Gasteiger partial charge on any atom is -0.545 e. The third kappa shape index (κ3) is 4.47. The van der Waals surface area contributed by atoms with E-state index < -0.39 is 34.9 Å². The zero-order chi connectivity index (χ0) is 18.3. The molecule has 2 aromatic carbocycles. The van der Waals surface area contributed by atoms with Gasteiger partial charge in [0.15, 0.2) is 0 Å². The molecule has 1 aliphatic rings. The van der Waals surface area contributed by atoms with Crippen molar-refractivity contribution in [3.63, 3.8) is 0 Å². The number of aromatic carboxylic acids is 2. The van der Waals surface area contributed by atoms with E-state index in [0.717, 1.165) is 23.5 Å². The van der Waals surface area contributed by atoms with E-state index in [-0.39, 0.29) is 131 Å². The van der Waals surface area contributed by atoms with Crippen LogP contribution in [0.4, 0.5) is 0 Å². The van der Waals surface area contributed by atoms with Gasteiger partial charge in [-0.25, -0.2) is 0 Å². The van der Waals surface area contributed by atoms with Crippen LogP contribution in [0.5, 0.6) is 0 Å². The predicted octanol–water partition coefficient (Wildman–Crippen LogP) is -6.03. The summed E-state index contributed by atoms with van der Waals surface area (Å²) in [4.78, 5) is 49.2. The number of imide groups is 1. The van der Waals surface area contributed by atoms with Crippen LogP contribution >= 0.6 is 0 Å². The molecule has 0 bridgehead atoms. The molecule has 0 fully saturated rings. The number of carboxylic acid groups (broad SMARTS) is 2. The molecule has 0 spiro atoms. The third-order valence-electron chi connectivity index (χ3n) is 4.29. The second kappa shape index (κ2) is 10.2. The van der Waals surface area contributed by atoms with Crippen molar-refractivity contribution in [2.24, 2.45) is 0 Å². The Kier molecular flexibility index (Phi) is 9.47. The minimum absolute atomic E-state index is 0. The summed E-state index contributed by atoms with van der Waals surface area (Å²) in [6, 6.07) is 4.80. The van der Waals surface area contributed by atoms with Crippen molar-refractivity contribution in [2.45, 2.75) is 19.8 Å². The van der Waals surface area contributed by atoms with Crippen LogP contribution in [0, 0.1) is 0 Å². The van der Waals surface area contributed by atoms with Gasteiger partial charge in [-0.2, -0.15) is 0 Å². The van der Waals surface area contributed by atoms with Gasteiger partial charge in [-0.3, -0.25) is 14.5 Å². The van der Waals surface area contributed by atoms with Gasteiger partial charge in [0.1, 0.15) is 0 Å². The molecule has 0 atom stereocenters. The van der Waals surface area contributed by atoms with E-state index in [2.05, 4.69) is 0 Å². The molecule has 3 rings (SSSR count). The van der Waals surface area contributed by atoms with E-state index in [1.807, 2.05) is 6.92 Å². The summed E-state index contributed by atoms with van der Waals surface area (Å²) >= 11 is 0. The summed E-state index contributed by atoms with van der Waals surface area (Å²) in [6.45, 7) is 2.16. The van der Waals surface area contributed by atoms with Crippen LogP contribution in [0.15, 0.2) is 24.3 Å².